The van der Waals surface area contributed by atoms with Gasteiger partial charge in [-0.1, -0.05) is 33.8 Å². The zero-order valence-electron chi connectivity index (χ0n) is 15.5. The molecule has 0 saturated heterocycles. The van der Waals surface area contributed by atoms with E-state index in [1.165, 1.54) is 0 Å². The van der Waals surface area contributed by atoms with E-state index in [2.05, 4.69) is 22.5 Å². The third-order valence-corrected chi connectivity index (χ3v) is 3.33. The second kappa shape index (κ2) is 11.2. The Hall–Kier alpha value is -2.38. The first kappa shape index (κ1) is 22.6. The normalized spacial score (nSPS) is 12.8. The summed E-state index contributed by atoms with van der Waals surface area (Å²) in [5.41, 5.74) is 5.82. The number of ketones is 1. The van der Waals surface area contributed by atoms with Crippen LogP contribution in [0, 0.1) is 5.92 Å². The van der Waals surface area contributed by atoms with Crippen LogP contribution in [0.2, 0.25) is 0 Å². The van der Waals surface area contributed by atoms with Crippen LogP contribution in [0.4, 0.5) is 0 Å². The lowest BCUT2D eigenvalue weighted by atomic mass is 10.0. The summed E-state index contributed by atoms with van der Waals surface area (Å²) in [6, 6.07) is -1.48. The number of amides is 3. The zero-order valence-corrected chi connectivity index (χ0v) is 15.5. The molecule has 0 rings (SSSR count). The van der Waals surface area contributed by atoms with Crippen molar-refractivity contribution in [2.45, 2.75) is 59.0 Å². The number of nitrogens with one attached hydrogen (secondary N) is 3. The number of hydrogen-bond donors (Lipinski definition) is 4. The van der Waals surface area contributed by atoms with E-state index in [-0.39, 0.29) is 5.92 Å². The summed E-state index contributed by atoms with van der Waals surface area (Å²) in [6.45, 7) is 10.6. The van der Waals surface area contributed by atoms with Crippen LogP contribution >= 0.6 is 0 Å². The number of nitrogens with two attached hydrogens (primary N) is 1. The number of primary amides is 1. The zero-order chi connectivity index (χ0) is 19.6. The molecule has 0 aromatic rings. The van der Waals surface area contributed by atoms with Crippen molar-refractivity contribution in [3.05, 3.63) is 12.3 Å². The van der Waals surface area contributed by atoms with E-state index >= 15 is 0 Å². The average Bonchev–Trinajstić information content (AvgIpc) is 2.49. The van der Waals surface area contributed by atoms with Gasteiger partial charge in [0.15, 0.2) is 0 Å². The first-order valence-electron chi connectivity index (χ1n) is 8.41. The summed E-state index contributed by atoms with van der Waals surface area (Å²) in [6.07, 6.45) is 1.58. The molecule has 0 fully saturated rings. The highest BCUT2D eigenvalue weighted by atomic mass is 16.2. The molecule has 0 aromatic carbocycles. The monoisotopic (exact) mass is 354 g/mol. The Balaban J connectivity index is 4.59. The standard InChI is InChI=1S/C17H30N4O4/c1-6-7-12(20-11(4)5)15(23)17(25)19-9-14(22)21-13(16(18)24)8-10(2)3/h10,12-13,20H,4,6-9H2,1-3,5H3,(H2,18,24)(H,19,25)(H,21,22). The smallest absolute Gasteiger partial charge is 0.290 e. The second-order valence-corrected chi connectivity index (χ2v) is 6.46. The lowest BCUT2D eigenvalue weighted by Gasteiger charge is -2.19. The second-order valence-electron chi connectivity index (χ2n) is 6.46. The molecule has 8 heteroatoms. The van der Waals surface area contributed by atoms with E-state index < -0.39 is 42.1 Å². The first-order chi connectivity index (χ1) is 11.6. The van der Waals surface area contributed by atoms with Gasteiger partial charge in [0, 0.05) is 5.70 Å². The topological polar surface area (TPSA) is 130 Å². The van der Waals surface area contributed by atoms with Gasteiger partial charge in [-0.3, -0.25) is 19.2 Å². The van der Waals surface area contributed by atoms with Crippen LogP contribution in [-0.2, 0) is 19.2 Å². The minimum absolute atomic E-state index is 0.164. The fourth-order valence-corrected chi connectivity index (χ4v) is 2.22. The predicted octanol–water partition coefficient (Wildman–Crippen LogP) is -0.0202. The molecular weight excluding hydrogens is 324 g/mol. The van der Waals surface area contributed by atoms with E-state index in [1.54, 1.807) is 6.92 Å². The number of carbonyl (C=O) groups excluding carboxylic acids is 4. The Labute approximate surface area is 149 Å². The molecule has 0 bridgehead atoms. The largest absolute Gasteiger partial charge is 0.379 e. The predicted molar refractivity (Wildman–Crippen MR) is 95.2 cm³/mol. The van der Waals surface area contributed by atoms with E-state index in [0.29, 0.717) is 25.0 Å². The molecule has 5 N–H and O–H groups in total. The SMILES string of the molecule is C=C(C)NC(CCC)C(=O)C(=O)NCC(=O)NC(CC(C)C)C(N)=O. The van der Waals surface area contributed by atoms with Gasteiger partial charge >= 0.3 is 0 Å². The van der Waals surface area contributed by atoms with Crippen LogP contribution in [0.5, 0.6) is 0 Å². The molecule has 0 aliphatic heterocycles. The molecule has 0 radical (unpaired) electrons. The lowest BCUT2D eigenvalue weighted by molar-refractivity contribution is -0.139. The summed E-state index contributed by atoms with van der Waals surface area (Å²) in [4.78, 5) is 47.3. The fraction of sp³-hybridized carbons (Fsp3) is 0.647. The van der Waals surface area contributed by atoms with Crippen LogP contribution in [0.15, 0.2) is 12.3 Å². The Morgan fingerprint density at radius 3 is 2.12 bits per heavy atom. The molecule has 2 atom stereocenters. The minimum atomic E-state index is -0.859. The maximum Gasteiger partial charge on any atom is 0.290 e. The van der Waals surface area contributed by atoms with Crippen molar-refractivity contribution in [1.29, 1.82) is 0 Å². The number of Topliss-reactive ketones (excluding diaryl/α,β-unsaturated/α-hetero) is 1. The first-order valence-corrected chi connectivity index (χ1v) is 8.41. The highest BCUT2D eigenvalue weighted by Gasteiger charge is 2.25. The van der Waals surface area contributed by atoms with Gasteiger partial charge < -0.3 is 21.7 Å². The number of rotatable bonds is 12. The molecule has 142 valence electrons. The molecule has 0 aromatic heterocycles. The Bertz CT molecular complexity index is 517. The summed E-state index contributed by atoms with van der Waals surface area (Å²) >= 11 is 0. The van der Waals surface area contributed by atoms with Gasteiger partial charge in [0.05, 0.1) is 12.6 Å². The highest BCUT2D eigenvalue weighted by Crippen LogP contribution is 2.04. The maximum atomic E-state index is 12.1. The quantitative estimate of drug-likeness (QED) is 0.366. The highest BCUT2D eigenvalue weighted by molar-refractivity contribution is 6.38. The molecule has 0 aliphatic carbocycles. The molecule has 0 aliphatic rings. The minimum Gasteiger partial charge on any atom is -0.379 e. The average molecular weight is 354 g/mol. The molecule has 2 unspecified atom stereocenters. The van der Waals surface area contributed by atoms with Crippen LogP contribution in [0.25, 0.3) is 0 Å². The molecule has 0 saturated carbocycles. The summed E-state index contributed by atoms with van der Waals surface area (Å²) in [5, 5.41) is 7.58. The molecule has 8 nitrogen and oxygen atoms in total. The third-order valence-electron chi connectivity index (χ3n) is 3.33. The summed E-state index contributed by atoms with van der Waals surface area (Å²) in [7, 11) is 0. The van der Waals surface area contributed by atoms with E-state index in [0.717, 1.165) is 0 Å². The maximum absolute atomic E-state index is 12.1. The number of carbonyl (C=O) groups is 4. The molecule has 0 heterocycles. The van der Waals surface area contributed by atoms with Crippen LogP contribution in [0.3, 0.4) is 0 Å². The van der Waals surface area contributed by atoms with Crippen molar-refractivity contribution >= 4 is 23.5 Å². The van der Waals surface area contributed by atoms with Gasteiger partial charge in [0.2, 0.25) is 17.6 Å². The molecule has 3 amide bonds. The van der Waals surface area contributed by atoms with Gasteiger partial charge in [-0.05, 0) is 25.7 Å². The van der Waals surface area contributed by atoms with Crippen LogP contribution in [-0.4, -0.2) is 42.1 Å². The summed E-state index contributed by atoms with van der Waals surface area (Å²) in [5.74, 6) is -2.58. The van der Waals surface area contributed by atoms with Gasteiger partial charge in [0.25, 0.3) is 5.91 Å². The Morgan fingerprint density at radius 2 is 1.68 bits per heavy atom. The number of allylic oxidation sites excluding steroid dienone is 1. The van der Waals surface area contributed by atoms with E-state index in [9.17, 15) is 19.2 Å². The fourth-order valence-electron chi connectivity index (χ4n) is 2.22. The van der Waals surface area contributed by atoms with Crippen molar-refractivity contribution < 1.29 is 19.2 Å². The number of hydrogen-bond acceptors (Lipinski definition) is 5. The van der Waals surface area contributed by atoms with Gasteiger partial charge in [0.1, 0.15) is 6.04 Å². The van der Waals surface area contributed by atoms with Crippen LogP contribution < -0.4 is 21.7 Å². The molecule has 25 heavy (non-hydrogen) atoms. The van der Waals surface area contributed by atoms with Crippen molar-refractivity contribution in [1.82, 2.24) is 16.0 Å². The van der Waals surface area contributed by atoms with Crippen molar-refractivity contribution in [3.8, 4) is 0 Å². The molecule has 0 spiro atoms. The van der Waals surface area contributed by atoms with Crippen molar-refractivity contribution in [2.24, 2.45) is 11.7 Å². The van der Waals surface area contributed by atoms with Crippen molar-refractivity contribution in [3.63, 3.8) is 0 Å². The molecular formula is C17H30N4O4. The summed E-state index contributed by atoms with van der Waals surface area (Å²) < 4.78 is 0. The van der Waals surface area contributed by atoms with E-state index in [1.807, 2.05) is 20.8 Å². The Kier molecular flexibility index (Phi) is 10.2. The van der Waals surface area contributed by atoms with Crippen molar-refractivity contribution in [2.75, 3.05) is 6.54 Å². The Morgan fingerprint density at radius 1 is 1.08 bits per heavy atom. The van der Waals surface area contributed by atoms with Gasteiger partial charge in [-0.25, -0.2) is 0 Å². The van der Waals surface area contributed by atoms with E-state index in [4.69, 9.17) is 5.73 Å². The van der Waals surface area contributed by atoms with Gasteiger partial charge in [-0.15, -0.1) is 0 Å². The van der Waals surface area contributed by atoms with Crippen LogP contribution in [0.1, 0.15) is 47.0 Å². The lowest BCUT2D eigenvalue weighted by Crippen LogP contribution is -2.50. The third kappa shape index (κ3) is 9.49. The van der Waals surface area contributed by atoms with Gasteiger partial charge in [-0.2, -0.15) is 0 Å².